The predicted octanol–water partition coefficient (Wildman–Crippen LogP) is 3.99. The summed E-state index contributed by atoms with van der Waals surface area (Å²) in [6.45, 7) is 1.92. The third kappa shape index (κ3) is 2.77. The van der Waals surface area contributed by atoms with E-state index in [4.69, 9.17) is 0 Å². The Bertz CT molecular complexity index is 1260. The molecule has 0 spiro atoms. The summed E-state index contributed by atoms with van der Waals surface area (Å²) in [5, 5.41) is 2.24. The molecule has 0 aliphatic rings. The first-order valence-corrected chi connectivity index (χ1v) is 10.1. The average Bonchev–Trinajstić information content (AvgIpc) is 2.91. The van der Waals surface area contributed by atoms with E-state index in [-0.39, 0.29) is 4.90 Å². The molecule has 1 aromatic heterocycles. The first-order valence-electron chi connectivity index (χ1n) is 7.81. The molecule has 0 bridgehead atoms. The molecule has 25 heavy (non-hydrogen) atoms. The molecule has 0 aliphatic heterocycles. The van der Waals surface area contributed by atoms with E-state index in [2.05, 4.69) is 4.40 Å². The van der Waals surface area contributed by atoms with Crippen molar-refractivity contribution >= 4 is 42.3 Å². The van der Waals surface area contributed by atoms with Gasteiger partial charge in [-0.2, -0.15) is 8.42 Å². The first-order chi connectivity index (χ1) is 12.0. The highest BCUT2D eigenvalue weighted by Crippen LogP contribution is 2.27. The Morgan fingerprint density at radius 3 is 2.44 bits per heavy atom. The topological polar surface area (TPSA) is 51.4 Å². The fraction of sp³-hybridized carbons (Fsp3) is 0.105. The Hall–Kier alpha value is -2.44. The summed E-state index contributed by atoms with van der Waals surface area (Å²) in [6.07, 6.45) is 0. The molecule has 4 rings (SSSR count). The summed E-state index contributed by atoms with van der Waals surface area (Å²) in [5.74, 6) is 0. The van der Waals surface area contributed by atoms with Crippen LogP contribution in [0.1, 0.15) is 5.56 Å². The number of hydrogen-bond donors (Lipinski definition) is 0. The van der Waals surface area contributed by atoms with Crippen molar-refractivity contribution in [1.82, 2.24) is 4.57 Å². The van der Waals surface area contributed by atoms with Crippen molar-refractivity contribution in [2.24, 2.45) is 11.4 Å². The molecular weight excluding hydrogens is 352 g/mol. The van der Waals surface area contributed by atoms with Crippen molar-refractivity contribution < 1.29 is 8.42 Å². The number of aromatic nitrogens is 1. The van der Waals surface area contributed by atoms with Gasteiger partial charge in [0.15, 0.2) is 0 Å². The first kappa shape index (κ1) is 16.1. The van der Waals surface area contributed by atoms with Gasteiger partial charge in [0.05, 0.1) is 15.1 Å². The Kier molecular flexibility index (Phi) is 3.74. The van der Waals surface area contributed by atoms with Gasteiger partial charge in [0.2, 0.25) is 4.80 Å². The molecule has 0 radical (unpaired) electrons. The fourth-order valence-electron chi connectivity index (χ4n) is 2.81. The second kappa shape index (κ2) is 5.82. The normalized spacial score (nSPS) is 13.0. The molecule has 0 amide bonds. The van der Waals surface area contributed by atoms with Gasteiger partial charge in [-0.3, -0.25) is 0 Å². The number of sulfonamides is 1. The highest BCUT2D eigenvalue weighted by Gasteiger charge is 2.14. The lowest BCUT2D eigenvalue weighted by atomic mass is 10.1. The lowest BCUT2D eigenvalue weighted by Gasteiger charge is -2.00. The van der Waals surface area contributed by atoms with Crippen LogP contribution in [0.2, 0.25) is 0 Å². The summed E-state index contributed by atoms with van der Waals surface area (Å²) >= 11 is 1.40. The van der Waals surface area contributed by atoms with Crippen molar-refractivity contribution in [2.45, 2.75) is 11.8 Å². The number of fused-ring (bicyclic) bond motifs is 3. The summed E-state index contributed by atoms with van der Waals surface area (Å²) in [4.78, 5) is 0.673. The van der Waals surface area contributed by atoms with Gasteiger partial charge in [-0.1, -0.05) is 59.4 Å². The maximum atomic E-state index is 12.6. The number of thiazole rings is 1. The van der Waals surface area contributed by atoms with Crippen molar-refractivity contribution in [1.29, 1.82) is 0 Å². The Labute approximate surface area is 149 Å². The third-order valence-electron chi connectivity index (χ3n) is 4.22. The lowest BCUT2D eigenvalue weighted by molar-refractivity contribution is 0.596. The molecule has 6 heteroatoms. The molecule has 0 saturated carbocycles. The number of aryl methyl sites for hydroxylation is 2. The summed E-state index contributed by atoms with van der Waals surface area (Å²) in [6, 6.07) is 18.9. The SMILES string of the molecule is Cc1ccc(S(=O)(=O)N=c2sc3c4ccccc4ccc3n2C)cc1. The van der Waals surface area contributed by atoms with Crippen molar-refractivity contribution in [3.63, 3.8) is 0 Å². The van der Waals surface area contributed by atoms with Gasteiger partial charge in [0.25, 0.3) is 10.0 Å². The Morgan fingerprint density at radius 2 is 1.68 bits per heavy atom. The monoisotopic (exact) mass is 368 g/mol. The van der Waals surface area contributed by atoms with Crippen molar-refractivity contribution in [3.8, 4) is 0 Å². The van der Waals surface area contributed by atoms with E-state index in [1.807, 2.05) is 54.9 Å². The second-order valence-electron chi connectivity index (χ2n) is 5.96. The maximum absolute atomic E-state index is 12.6. The van der Waals surface area contributed by atoms with Crippen LogP contribution in [-0.2, 0) is 17.1 Å². The molecule has 1 heterocycles. The smallest absolute Gasteiger partial charge is 0.285 e. The molecule has 3 aromatic carbocycles. The van der Waals surface area contributed by atoms with E-state index in [0.717, 1.165) is 26.6 Å². The molecule has 0 atom stereocenters. The zero-order valence-corrected chi connectivity index (χ0v) is 15.4. The van der Waals surface area contributed by atoms with Gasteiger partial charge in [0.1, 0.15) is 0 Å². The zero-order chi connectivity index (χ0) is 17.6. The van der Waals surface area contributed by atoms with E-state index < -0.39 is 10.0 Å². The van der Waals surface area contributed by atoms with Crippen molar-refractivity contribution in [3.05, 3.63) is 71.0 Å². The van der Waals surface area contributed by atoms with E-state index in [1.165, 1.54) is 11.3 Å². The number of benzene rings is 3. The molecule has 0 saturated heterocycles. The van der Waals surface area contributed by atoms with Crippen LogP contribution in [0, 0.1) is 6.92 Å². The molecule has 0 N–H and O–H groups in total. The predicted molar refractivity (Wildman–Crippen MR) is 102 cm³/mol. The van der Waals surface area contributed by atoms with Crippen molar-refractivity contribution in [2.75, 3.05) is 0 Å². The standard InChI is InChI=1S/C19H16N2O2S2/c1-13-7-10-15(11-8-13)25(22,23)20-19-21(2)17-12-9-14-5-3-4-6-16(14)18(17)24-19/h3-12H,1-2H3. The van der Waals surface area contributed by atoms with E-state index in [0.29, 0.717) is 4.80 Å². The minimum atomic E-state index is -3.74. The van der Waals surface area contributed by atoms with Gasteiger partial charge in [0, 0.05) is 12.4 Å². The van der Waals surface area contributed by atoms with Crippen LogP contribution in [0.3, 0.4) is 0 Å². The van der Waals surface area contributed by atoms with Crippen LogP contribution >= 0.6 is 11.3 Å². The Balaban J connectivity index is 1.97. The third-order valence-corrected chi connectivity index (χ3v) is 6.80. The van der Waals surface area contributed by atoms with Gasteiger partial charge in [-0.05, 0) is 30.5 Å². The van der Waals surface area contributed by atoms with E-state index in [9.17, 15) is 8.42 Å². The molecule has 4 nitrogen and oxygen atoms in total. The summed E-state index contributed by atoms with van der Waals surface area (Å²) in [5.41, 5.74) is 1.99. The number of nitrogens with zero attached hydrogens (tertiary/aromatic N) is 2. The van der Waals surface area contributed by atoms with Crippen LogP contribution in [-0.4, -0.2) is 13.0 Å². The molecule has 4 aromatic rings. The Morgan fingerprint density at radius 1 is 0.960 bits per heavy atom. The minimum absolute atomic E-state index is 0.209. The van der Waals surface area contributed by atoms with Gasteiger partial charge in [-0.25, -0.2) is 0 Å². The molecular formula is C19H16N2O2S2. The van der Waals surface area contributed by atoms with E-state index >= 15 is 0 Å². The lowest BCUT2D eigenvalue weighted by Crippen LogP contribution is -2.13. The zero-order valence-electron chi connectivity index (χ0n) is 13.8. The van der Waals surface area contributed by atoms with Gasteiger partial charge >= 0.3 is 0 Å². The summed E-state index contributed by atoms with van der Waals surface area (Å²) in [7, 11) is -1.89. The maximum Gasteiger partial charge on any atom is 0.285 e. The minimum Gasteiger partial charge on any atom is -0.319 e. The average molecular weight is 368 g/mol. The number of hydrogen-bond acceptors (Lipinski definition) is 3. The molecule has 0 fully saturated rings. The second-order valence-corrected chi connectivity index (χ2v) is 8.54. The largest absolute Gasteiger partial charge is 0.319 e. The van der Waals surface area contributed by atoms with Crippen LogP contribution < -0.4 is 4.80 Å². The fourth-order valence-corrected chi connectivity index (χ4v) is 5.19. The number of rotatable bonds is 2. The molecule has 126 valence electrons. The van der Waals surface area contributed by atoms with Crippen LogP contribution in [0.15, 0.2) is 70.0 Å². The van der Waals surface area contributed by atoms with Crippen LogP contribution in [0.25, 0.3) is 21.0 Å². The quantitative estimate of drug-likeness (QED) is 0.537. The molecule has 0 aliphatic carbocycles. The summed E-state index contributed by atoms with van der Waals surface area (Å²) < 4.78 is 32.2. The van der Waals surface area contributed by atoms with Gasteiger partial charge in [-0.15, -0.1) is 4.40 Å². The van der Waals surface area contributed by atoms with E-state index in [1.54, 1.807) is 24.3 Å². The highest BCUT2D eigenvalue weighted by atomic mass is 32.2. The highest BCUT2D eigenvalue weighted by molar-refractivity contribution is 7.90. The van der Waals surface area contributed by atoms with Crippen LogP contribution in [0.5, 0.6) is 0 Å². The van der Waals surface area contributed by atoms with Gasteiger partial charge < -0.3 is 4.57 Å². The molecule has 0 unspecified atom stereocenters. The van der Waals surface area contributed by atoms with Crippen LogP contribution in [0.4, 0.5) is 0 Å².